The molecule has 0 atom stereocenters. The maximum atomic E-state index is 8.75. The normalized spacial score (nSPS) is 15.6. The highest BCUT2D eigenvalue weighted by molar-refractivity contribution is 14.0. The van der Waals surface area contributed by atoms with Gasteiger partial charge in [-0.1, -0.05) is 11.6 Å². The van der Waals surface area contributed by atoms with Crippen molar-refractivity contribution in [1.29, 1.82) is 5.26 Å². The van der Waals surface area contributed by atoms with Crippen LogP contribution in [0.15, 0.2) is 23.2 Å². The number of ether oxygens (including phenoxy) is 1. The van der Waals surface area contributed by atoms with E-state index in [-0.39, 0.29) is 29.4 Å². The van der Waals surface area contributed by atoms with Gasteiger partial charge < -0.3 is 15.8 Å². The number of methoxy groups -OCH3 is 1. The minimum Gasteiger partial charge on any atom is -0.495 e. The van der Waals surface area contributed by atoms with E-state index in [4.69, 9.17) is 27.3 Å². The van der Waals surface area contributed by atoms with Crippen molar-refractivity contribution in [2.24, 2.45) is 16.1 Å². The Balaban J connectivity index is 0.00000220. The number of nitrogens with one attached hydrogen (secondary N) is 1. The van der Waals surface area contributed by atoms with Crippen molar-refractivity contribution >= 4 is 47.2 Å². The van der Waals surface area contributed by atoms with Crippen LogP contribution < -0.4 is 15.8 Å². The molecule has 5 nitrogen and oxygen atoms in total. The highest BCUT2D eigenvalue weighted by Gasteiger charge is 2.42. The lowest BCUT2D eigenvalue weighted by molar-refractivity contribution is 0.415. The van der Waals surface area contributed by atoms with E-state index in [1.807, 2.05) is 6.07 Å². The molecule has 1 fully saturated rings. The van der Waals surface area contributed by atoms with Gasteiger partial charge in [0.25, 0.3) is 0 Å². The average Bonchev–Trinajstić information content (AvgIpc) is 3.18. The van der Waals surface area contributed by atoms with E-state index in [1.165, 1.54) is 0 Å². The zero-order valence-corrected chi connectivity index (χ0v) is 14.8. The van der Waals surface area contributed by atoms with Crippen molar-refractivity contribution in [3.63, 3.8) is 0 Å². The van der Waals surface area contributed by atoms with Gasteiger partial charge in [-0.05, 0) is 31.0 Å². The summed E-state index contributed by atoms with van der Waals surface area (Å²) in [5.74, 6) is 0.939. The largest absolute Gasteiger partial charge is 0.495 e. The zero-order chi connectivity index (χ0) is 14.6. The molecule has 1 aromatic carbocycles. The minimum atomic E-state index is 0. The highest BCUT2D eigenvalue weighted by atomic mass is 127. The third-order valence-electron chi connectivity index (χ3n) is 3.42. The molecule has 1 aliphatic rings. The maximum Gasteiger partial charge on any atom is 0.193 e. The number of hydrogen-bond donors (Lipinski definition) is 2. The third kappa shape index (κ3) is 4.93. The minimum absolute atomic E-state index is 0. The molecule has 3 N–H and O–H groups in total. The molecular weight excluding hydrogens is 403 g/mol. The van der Waals surface area contributed by atoms with Crippen molar-refractivity contribution in [2.45, 2.75) is 19.3 Å². The van der Waals surface area contributed by atoms with Gasteiger partial charge >= 0.3 is 0 Å². The molecule has 0 aromatic heterocycles. The first kappa shape index (κ1) is 17.9. The Morgan fingerprint density at radius 2 is 2.29 bits per heavy atom. The SMILES string of the molecule is COc1ccc(NC(N)=NCC2(CC#N)CC2)cc1Cl.I. The standard InChI is InChI=1S/C14H17ClN4O.HI/c1-20-12-3-2-10(8-11(12)15)19-13(17)18-9-14(4-5-14)6-7-16;/h2-3,8H,4-6,9H2,1H3,(H3,17,18,19);1H. The maximum absolute atomic E-state index is 8.75. The number of benzene rings is 1. The second kappa shape index (κ2) is 7.71. The monoisotopic (exact) mass is 420 g/mol. The zero-order valence-electron chi connectivity index (χ0n) is 11.7. The fourth-order valence-electron chi connectivity index (χ4n) is 1.92. The summed E-state index contributed by atoms with van der Waals surface area (Å²) in [6, 6.07) is 7.50. The summed E-state index contributed by atoms with van der Waals surface area (Å²) < 4.78 is 5.08. The molecule has 0 heterocycles. The van der Waals surface area contributed by atoms with Gasteiger partial charge in [-0.15, -0.1) is 24.0 Å². The summed E-state index contributed by atoms with van der Waals surface area (Å²) in [6.45, 7) is 0.587. The molecule has 0 spiro atoms. The molecule has 21 heavy (non-hydrogen) atoms. The summed E-state index contributed by atoms with van der Waals surface area (Å²) in [7, 11) is 1.56. The predicted molar refractivity (Wildman–Crippen MR) is 95.4 cm³/mol. The quantitative estimate of drug-likeness (QED) is 0.434. The van der Waals surface area contributed by atoms with Gasteiger partial charge in [-0.3, -0.25) is 4.99 Å². The molecule has 1 saturated carbocycles. The van der Waals surface area contributed by atoms with Crippen LogP contribution in [-0.4, -0.2) is 19.6 Å². The predicted octanol–water partition coefficient (Wildman–Crippen LogP) is 3.39. The first-order valence-corrected chi connectivity index (χ1v) is 6.74. The van der Waals surface area contributed by atoms with Crippen molar-refractivity contribution in [3.05, 3.63) is 23.2 Å². The van der Waals surface area contributed by atoms with Crippen molar-refractivity contribution in [1.82, 2.24) is 0 Å². The molecule has 0 amide bonds. The summed E-state index contributed by atoms with van der Waals surface area (Å²) >= 11 is 6.03. The number of nitrogens with two attached hydrogens (primary N) is 1. The molecule has 7 heteroatoms. The van der Waals surface area contributed by atoms with Crippen LogP contribution in [0, 0.1) is 16.7 Å². The number of hydrogen-bond acceptors (Lipinski definition) is 3. The van der Waals surface area contributed by atoms with Crippen LogP contribution in [0.2, 0.25) is 5.02 Å². The number of halogens is 2. The summed E-state index contributed by atoms with van der Waals surface area (Å²) in [4.78, 5) is 4.30. The van der Waals surface area contributed by atoms with Crippen LogP contribution in [0.4, 0.5) is 5.69 Å². The van der Waals surface area contributed by atoms with E-state index in [2.05, 4.69) is 16.4 Å². The highest BCUT2D eigenvalue weighted by Crippen LogP contribution is 2.48. The summed E-state index contributed by atoms with van der Waals surface area (Å²) in [6.07, 6.45) is 2.63. The number of anilines is 1. The summed E-state index contributed by atoms with van der Waals surface area (Å²) in [5, 5.41) is 12.2. The second-order valence-corrected chi connectivity index (χ2v) is 5.42. The number of aliphatic imine (C=N–C) groups is 1. The van der Waals surface area contributed by atoms with Gasteiger partial charge in [0.2, 0.25) is 0 Å². The fourth-order valence-corrected chi connectivity index (χ4v) is 2.18. The lowest BCUT2D eigenvalue weighted by Gasteiger charge is -2.10. The molecule has 114 valence electrons. The average molecular weight is 421 g/mol. The van der Waals surface area contributed by atoms with Crippen LogP contribution in [0.5, 0.6) is 5.75 Å². The van der Waals surface area contributed by atoms with Crippen molar-refractivity contribution in [2.75, 3.05) is 19.0 Å². The Hall–Kier alpha value is -1.20. The second-order valence-electron chi connectivity index (χ2n) is 5.01. The Morgan fingerprint density at radius 1 is 1.57 bits per heavy atom. The molecule has 0 radical (unpaired) electrons. The molecule has 0 bridgehead atoms. The van der Waals surface area contributed by atoms with Crippen LogP contribution in [0.1, 0.15) is 19.3 Å². The van der Waals surface area contributed by atoms with Crippen LogP contribution in [0.3, 0.4) is 0 Å². The molecule has 1 aromatic rings. The lowest BCUT2D eigenvalue weighted by atomic mass is 10.0. The Kier molecular flexibility index (Phi) is 6.55. The third-order valence-corrected chi connectivity index (χ3v) is 3.72. The van der Waals surface area contributed by atoms with Gasteiger partial charge in [0.1, 0.15) is 5.75 Å². The molecule has 0 unspecified atom stereocenters. The number of nitriles is 1. The topological polar surface area (TPSA) is 83.4 Å². The smallest absolute Gasteiger partial charge is 0.193 e. The van der Waals surface area contributed by atoms with Crippen molar-refractivity contribution in [3.8, 4) is 11.8 Å². The molecule has 1 aliphatic carbocycles. The Labute approximate surface area is 146 Å². The van der Waals surface area contributed by atoms with Gasteiger partial charge in [-0.25, -0.2) is 0 Å². The summed E-state index contributed by atoms with van der Waals surface area (Å²) in [5.41, 5.74) is 6.65. The van der Waals surface area contributed by atoms with E-state index in [0.29, 0.717) is 29.7 Å². The van der Waals surface area contributed by atoms with Gasteiger partial charge in [0, 0.05) is 24.1 Å². The van der Waals surface area contributed by atoms with E-state index >= 15 is 0 Å². The molecule has 0 saturated heterocycles. The fraction of sp³-hybridized carbons (Fsp3) is 0.429. The van der Waals surface area contributed by atoms with Crippen molar-refractivity contribution < 1.29 is 4.74 Å². The van der Waals surface area contributed by atoms with E-state index in [9.17, 15) is 0 Å². The van der Waals surface area contributed by atoms with Gasteiger partial charge in [0.15, 0.2) is 5.96 Å². The van der Waals surface area contributed by atoms with Crippen LogP contribution >= 0.6 is 35.6 Å². The van der Waals surface area contributed by atoms with E-state index in [0.717, 1.165) is 18.5 Å². The van der Waals surface area contributed by atoms with Gasteiger partial charge in [-0.2, -0.15) is 5.26 Å². The molecule has 0 aliphatic heterocycles. The Morgan fingerprint density at radius 3 is 2.81 bits per heavy atom. The van der Waals surface area contributed by atoms with Gasteiger partial charge in [0.05, 0.1) is 18.2 Å². The number of rotatable bonds is 5. The van der Waals surface area contributed by atoms with E-state index < -0.39 is 0 Å². The first-order chi connectivity index (χ1) is 9.58. The molecular formula is C14H18ClIN4O. The first-order valence-electron chi connectivity index (χ1n) is 6.36. The number of nitrogens with zero attached hydrogens (tertiary/aromatic N) is 2. The lowest BCUT2D eigenvalue weighted by Crippen LogP contribution is -2.24. The Bertz CT molecular complexity index is 567. The number of guanidine groups is 1. The molecule has 2 rings (SSSR count). The van der Waals surface area contributed by atoms with Crippen LogP contribution in [-0.2, 0) is 0 Å². The van der Waals surface area contributed by atoms with Crippen LogP contribution in [0.25, 0.3) is 0 Å². The van der Waals surface area contributed by atoms with E-state index in [1.54, 1.807) is 19.2 Å².